The van der Waals surface area contributed by atoms with Crippen LogP contribution in [0.5, 0.6) is 0 Å². The summed E-state index contributed by atoms with van der Waals surface area (Å²) >= 11 is 3.65. The molecule has 0 aliphatic heterocycles. The smallest absolute Gasteiger partial charge is 0.313 e. The fourth-order valence-corrected chi connectivity index (χ4v) is 5.81. The molecule has 140 valence electrons. The highest BCUT2D eigenvalue weighted by molar-refractivity contribution is 9.09. The van der Waals surface area contributed by atoms with Gasteiger partial charge in [-0.2, -0.15) is 5.26 Å². The summed E-state index contributed by atoms with van der Waals surface area (Å²) in [6.45, 7) is 0.289. The van der Waals surface area contributed by atoms with Crippen molar-refractivity contribution in [3.05, 3.63) is 36.0 Å². The molecule has 2 bridgehead atoms. The van der Waals surface area contributed by atoms with E-state index in [9.17, 15) is 9.59 Å². The van der Waals surface area contributed by atoms with Crippen molar-refractivity contribution in [1.29, 1.82) is 5.26 Å². The summed E-state index contributed by atoms with van der Waals surface area (Å²) in [5, 5.41) is 9.67. The van der Waals surface area contributed by atoms with Crippen LogP contribution in [0.15, 0.2) is 30.5 Å². The van der Waals surface area contributed by atoms with Crippen molar-refractivity contribution in [2.75, 3.05) is 6.61 Å². The number of Topliss-reactive ketones (excluding diaryl/α,β-unsaturated/α-hetero) is 1. The molecule has 27 heavy (non-hydrogen) atoms. The Labute approximate surface area is 166 Å². The van der Waals surface area contributed by atoms with E-state index in [0.29, 0.717) is 24.4 Å². The van der Waals surface area contributed by atoms with Gasteiger partial charge in [-0.15, -0.1) is 0 Å². The maximum absolute atomic E-state index is 12.8. The van der Waals surface area contributed by atoms with Crippen molar-refractivity contribution >= 4 is 38.6 Å². The second kappa shape index (κ2) is 7.12. The minimum atomic E-state index is -0.453. The number of benzene rings is 1. The summed E-state index contributed by atoms with van der Waals surface area (Å²) < 4.78 is 7.41. The molecule has 1 aromatic carbocycles. The first kappa shape index (κ1) is 18.2. The second-order valence-electron chi connectivity index (χ2n) is 7.63. The van der Waals surface area contributed by atoms with Crippen LogP contribution in [0.3, 0.4) is 0 Å². The zero-order valence-corrected chi connectivity index (χ0v) is 16.6. The van der Waals surface area contributed by atoms with Crippen LogP contribution < -0.4 is 0 Å². The molecule has 1 heterocycles. The number of nitrogens with zero attached hydrogens (tertiary/aromatic N) is 2. The van der Waals surface area contributed by atoms with Crippen LogP contribution >= 0.6 is 15.9 Å². The average molecular weight is 429 g/mol. The van der Waals surface area contributed by atoms with E-state index in [4.69, 9.17) is 10.00 Å². The Bertz CT molecular complexity index is 945. The number of halogens is 1. The molecular weight excluding hydrogens is 408 g/mol. The summed E-state index contributed by atoms with van der Waals surface area (Å²) in [6.07, 6.45) is 5.92. The summed E-state index contributed by atoms with van der Waals surface area (Å²) in [5.41, 5.74) is 1.00. The van der Waals surface area contributed by atoms with Gasteiger partial charge in [-0.3, -0.25) is 9.59 Å². The van der Waals surface area contributed by atoms with Gasteiger partial charge in [-0.05, 0) is 37.7 Å². The molecule has 0 unspecified atom stereocenters. The molecule has 2 saturated carbocycles. The highest BCUT2D eigenvalue weighted by Crippen LogP contribution is 2.57. The number of para-hydroxylation sites is 1. The Kier molecular flexibility index (Phi) is 4.81. The highest BCUT2D eigenvalue weighted by atomic mass is 79.9. The number of esters is 1. The van der Waals surface area contributed by atoms with Gasteiger partial charge in [-0.25, -0.2) is 0 Å². The van der Waals surface area contributed by atoms with E-state index in [2.05, 4.69) is 22.0 Å². The van der Waals surface area contributed by atoms with Crippen molar-refractivity contribution in [3.8, 4) is 6.07 Å². The molecular formula is C21H21BrN2O3. The Morgan fingerprint density at radius 2 is 2.19 bits per heavy atom. The first-order chi connectivity index (χ1) is 13.0. The number of hydrogen-bond donors (Lipinski definition) is 0. The molecule has 4 rings (SSSR count). The maximum Gasteiger partial charge on any atom is 0.313 e. The molecule has 5 nitrogen and oxygen atoms in total. The van der Waals surface area contributed by atoms with E-state index in [1.54, 1.807) is 6.20 Å². The Balaban J connectivity index is 1.50. The number of carbonyl (C=O) groups excluding carboxylic acids is 2. The Morgan fingerprint density at radius 1 is 1.37 bits per heavy atom. The summed E-state index contributed by atoms with van der Waals surface area (Å²) in [7, 11) is 0. The minimum absolute atomic E-state index is 0.152. The van der Waals surface area contributed by atoms with Gasteiger partial charge in [0.25, 0.3) is 0 Å². The number of rotatable bonds is 6. The molecule has 6 heteroatoms. The number of carbonyl (C=O) groups is 2. The van der Waals surface area contributed by atoms with Gasteiger partial charge >= 0.3 is 5.97 Å². The van der Waals surface area contributed by atoms with Crippen LogP contribution in [0.25, 0.3) is 10.9 Å². The number of hydrogen-bond acceptors (Lipinski definition) is 4. The van der Waals surface area contributed by atoms with Crippen LogP contribution in [-0.4, -0.2) is 27.8 Å². The van der Waals surface area contributed by atoms with E-state index in [1.807, 2.05) is 28.8 Å². The first-order valence-electron chi connectivity index (χ1n) is 9.34. The Hall–Kier alpha value is -2.13. The van der Waals surface area contributed by atoms with Crippen LogP contribution in [0.2, 0.25) is 0 Å². The third-order valence-corrected chi connectivity index (χ3v) is 7.34. The fraction of sp³-hybridized carbons (Fsp3) is 0.476. The largest absolute Gasteiger partial charge is 0.457 e. The SMILES string of the molecule is N#CCCn1cc(C(=O)COC(=O)[C@@]23CC[C@@H](C[C@@H]2Br)C3)c2ccccc21. The molecule has 0 amide bonds. The quantitative estimate of drug-likeness (QED) is 0.391. The van der Waals surface area contributed by atoms with Gasteiger partial charge in [-0.1, -0.05) is 34.1 Å². The number of ketones is 1. The number of aromatic nitrogens is 1. The van der Waals surface area contributed by atoms with E-state index >= 15 is 0 Å². The van der Waals surface area contributed by atoms with E-state index < -0.39 is 5.41 Å². The molecule has 2 aliphatic carbocycles. The van der Waals surface area contributed by atoms with Gasteiger partial charge in [0.1, 0.15) is 0 Å². The highest BCUT2D eigenvalue weighted by Gasteiger charge is 2.56. The maximum atomic E-state index is 12.8. The fourth-order valence-electron chi connectivity index (χ4n) is 4.68. The summed E-state index contributed by atoms with van der Waals surface area (Å²) in [5.74, 6) is 0.145. The van der Waals surface area contributed by atoms with Crippen LogP contribution in [0.1, 0.15) is 42.5 Å². The number of nitriles is 1. The van der Waals surface area contributed by atoms with Crippen LogP contribution in [0, 0.1) is 22.7 Å². The predicted octanol–water partition coefficient (Wildman–Crippen LogP) is 4.23. The third-order valence-electron chi connectivity index (χ3n) is 6.09. The first-order valence-corrected chi connectivity index (χ1v) is 10.3. The van der Waals surface area contributed by atoms with Crippen molar-refractivity contribution < 1.29 is 14.3 Å². The van der Waals surface area contributed by atoms with Gasteiger partial charge in [0.05, 0.1) is 17.9 Å². The van der Waals surface area contributed by atoms with E-state index in [-0.39, 0.29) is 23.2 Å². The summed E-state index contributed by atoms with van der Waals surface area (Å²) in [6, 6.07) is 9.74. The van der Waals surface area contributed by atoms with Crippen LogP contribution in [-0.2, 0) is 16.1 Å². The predicted molar refractivity (Wildman–Crippen MR) is 105 cm³/mol. The average Bonchev–Trinajstić information content (AvgIpc) is 3.35. The topological polar surface area (TPSA) is 72.1 Å². The number of aryl methyl sites for hydroxylation is 1. The lowest BCUT2D eigenvalue weighted by molar-refractivity contribution is -0.153. The van der Waals surface area contributed by atoms with Gasteiger partial charge in [0.15, 0.2) is 6.61 Å². The molecule has 2 aromatic rings. The standard InChI is InChI=1S/C21H21BrN2O3/c22-19-10-14-6-7-21(19,11-14)20(26)27-13-18(25)16-12-24(9-3-8-23)17-5-2-1-4-15(16)17/h1-2,4-5,12,14,19H,3,6-7,9-11,13H2/t14-,19-,21+/m0/s1. The van der Waals surface area contributed by atoms with Gasteiger partial charge in [0, 0.05) is 34.0 Å². The van der Waals surface area contributed by atoms with Crippen molar-refractivity contribution in [2.45, 2.75) is 43.5 Å². The Morgan fingerprint density at radius 3 is 2.89 bits per heavy atom. The lowest BCUT2D eigenvalue weighted by Crippen LogP contribution is -2.37. The van der Waals surface area contributed by atoms with E-state index in [1.165, 1.54) is 0 Å². The monoisotopic (exact) mass is 428 g/mol. The zero-order chi connectivity index (χ0) is 19.0. The minimum Gasteiger partial charge on any atom is -0.457 e. The van der Waals surface area contributed by atoms with Gasteiger partial charge < -0.3 is 9.30 Å². The molecule has 0 spiro atoms. The second-order valence-corrected chi connectivity index (χ2v) is 8.73. The molecule has 0 saturated heterocycles. The van der Waals surface area contributed by atoms with Crippen molar-refractivity contribution in [3.63, 3.8) is 0 Å². The van der Waals surface area contributed by atoms with Gasteiger partial charge in [0.2, 0.25) is 5.78 Å². The molecule has 0 radical (unpaired) electrons. The number of ether oxygens (including phenoxy) is 1. The lowest BCUT2D eigenvalue weighted by atomic mass is 9.84. The molecule has 2 aliphatic rings. The number of alkyl halides is 1. The van der Waals surface area contributed by atoms with E-state index in [0.717, 1.165) is 36.6 Å². The van der Waals surface area contributed by atoms with Crippen molar-refractivity contribution in [1.82, 2.24) is 4.57 Å². The molecule has 2 fully saturated rings. The normalized spacial score (nSPS) is 26.2. The molecule has 0 N–H and O–H groups in total. The molecule has 3 atom stereocenters. The molecule has 1 aromatic heterocycles. The summed E-state index contributed by atoms with van der Waals surface area (Å²) in [4.78, 5) is 25.7. The van der Waals surface area contributed by atoms with Crippen LogP contribution in [0.4, 0.5) is 0 Å². The number of fused-ring (bicyclic) bond motifs is 3. The third kappa shape index (κ3) is 3.08. The lowest BCUT2D eigenvalue weighted by Gasteiger charge is -2.28. The van der Waals surface area contributed by atoms with Crippen molar-refractivity contribution in [2.24, 2.45) is 11.3 Å². The zero-order valence-electron chi connectivity index (χ0n) is 15.0.